The number of hydrogen-bond donors (Lipinski definition) is 2. The van der Waals surface area contributed by atoms with Gasteiger partial charge in [-0.25, -0.2) is 13.1 Å². The maximum atomic E-state index is 12.5. The molecule has 2 rings (SSSR count). The molecule has 2 aromatic rings. The number of methoxy groups -OCH3 is 2. The van der Waals surface area contributed by atoms with Crippen LogP contribution < -0.4 is 24.2 Å². The summed E-state index contributed by atoms with van der Waals surface area (Å²) >= 11 is 0. The zero-order valence-corrected chi connectivity index (χ0v) is 16.1. The summed E-state index contributed by atoms with van der Waals surface area (Å²) in [6, 6.07) is 11.1. The molecule has 0 saturated carbocycles. The molecule has 0 aliphatic carbocycles. The van der Waals surface area contributed by atoms with E-state index in [4.69, 9.17) is 14.2 Å². The molecule has 2 aromatic carbocycles. The van der Waals surface area contributed by atoms with Gasteiger partial charge in [0.05, 0.1) is 27.4 Å². The highest BCUT2D eigenvalue weighted by atomic mass is 32.2. The quantitative estimate of drug-likeness (QED) is 0.675. The lowest BCUT2D eigenvalue weighted by atomic mass is 10.3. The minimum absolute atomic E-state index is 0.0836. The third-order valence-electron chi connectivity index (χ3n) is 3.53. The Morgan fingerprint density at radius 3 is 2.26 bits per heavy atom. The van der Waals surface area contributed by atoms with Gasteiger partial charge in [-0.05, 0) is 43.3 Å². The van der Waals surface area contributed by atoms with Gasteiger partial charge in [-0.1, -0.05) is 0 Å². The molecular weight excluding hydrogens is 372 g/mol. The maximum absolute atomic E-state index is 12.5. The smallest absolute Gasteiger partial charge is 0.244 e. The minimum atomic E-state index is -3.94. The predicted octanol–water partition coefficient (Wildman–Crippen LogP) is 2.02. The van der Waals surface area contributed by atoms with Crippen molar-refractivity contribution >= 4 is 21.6 Å². The molecule has 146 valence electrons. The van der Waals surface area contributed by atoms with Crippen molar-refractivity contribution in [1.29, 1.82) is 0 Å². The summed E-state index contributed by atoms with van der Waals surface area (Å²) in [5, 5.41) is 2.61. The van der Waals surface area contributed by atoms with Crippen molar-refractivity contribution < 1.29 is 27.4 Å². The number of nitrogens with one attached hydrogen (secondary N) is 2. The number of ether oxygens (including phenoxy) is 3. The monoisotopic (exact) mass is 394 g/mol. The van der Waals surface area contributed by atoms with Crippen molar-refractivity contribution in [1.82, 2.24) is 4.72 Å². The zero-order valence-electron chi connectivity index (χ0n) is 15.3. The number of sulfonamides is 1. The first-order chi connectivity index (χ1) is 12.9. The molecule has 8 nitrogen and oxygen atoms in total. The van der Waals surface area contributed by atoms with Crippen LogP contribution in [0, 0.1) is 0 Å². The Morgan fingerprint density at radius 2 is 1.67 bits per heavy atom. The molecular formula is C18H22N2O6S. The highest BCUT2D eigenvalue weighted by Crippen LogP contribution is 2.28. The van der Waals surface area contributed by atoms with Gasteiger partial charge >= 0.3 is 0 Å². The first-order valence-corrected chi connectivity index (χ1v) is 9.62. The lowest BCUT2D eigenvalue weighted by Gasteiger charge is -2.12. The average Bonchev–Trinajstić information content (AvgIpc) is 2.67. The van der Waals surface area contributed by atoms with Gasteiger partial charge in [0.1, 0.15) is 22.1 Å². The summed E-state index contributed by atoms with van der Waals surface area (Å²) in [5.74, 6) is 0.755. The maximum Gasteiger partial charge on any atom is 0.244 e. The van der Waals surface area contributed by atoms with Crippen LogP contribution in [0.5, 0.6) is 17.2 Å². The second-order valence-corrected chi connectivity index (χ2v) is 7.08. The number of hydrogen-bond acceptors (Lipinski definition) is 6. The molecule has 0 spiro atoms. The Hall–Kier alpha value is -2.78. The Bertz CT molecular complexity index is 881. The molecule has 0 bridgehead atoms. The molecule has 27 heavy (non-hydrogen) atoms. The molecule has 2 N–H and O–H groups in total. The molecule has 0 aliphatic rings. The second kappa shape index (κ2) is 9.24. The molecule has 0 saturated heterocycles. The number of benzene rings is 2. The van der Waals surface area contributed by atoms with Crippen molar-refractivity contribution in [3.05, 3.63) is 42.5 Å². The van der Waals surface area contributed by atoms with E-state index < -0.39 is 22.5 Å². The van der Waals surface area contributed by atoms with Crippen LogP contribution in [0.4, 0.5) is 5.69 Å². The molecule has 1 amide bonds. The standard InChI is InChI=1S/C18H22N2O6S/c1-4-26-14-7-5-13(6-8-14)20-18(21)12-19-27(22,23)17-10-9-15(24-2)11-16(17)25-3/h5-11,19H,4,12H2,1-3H3,(H,20,21). The number of amides is 1. The fraction of sp³-hybridized carbons (Fsp3) is 0.278. The summed E-state index contributed by atoms with van der Waals surface area (Å²) < 4.78 is 42.6. The van der Waals surface area contributed by atoms with Gasteiger partial charge in [-0.3, -0.25) is 4.79 Å². The van der Waals surface area contributed by atoms with Crippen molar-refractivity contribution in [2.24, 2.45) is 0 Å². The Kier molecular flexibility index (Phi) is 7.03. The molecule has 0 unspecified atom stereocenters. The van der Waals surface area contributed by atoms with E-state index in [0.29, 0.717) is 23.8 Å². The van der Waals surface area contributed by atoms with Crippen LogP contribution in [0.15, 0.2) is 47.4 Å². The highest BCUT2D eigenvalue weighted by Gasteiger charge is 2.21. The van der Waals surface area contributed by atoms with Gasteiger partial charge in [0.15, 0.2) is 0 Å². The number of rotatable bonds is 9. The third-order valence-corrected chi connectivity index (χ3v) is 4.97. The van der Waals surface area contributed by atoms with E-state index in [2.05, 4.69) is 10.0 Å². The molecule has 0 aromatic heterocycles. The summed E-state index contributed by atoms with van der Waals surface area (Å²) in [4.78, 5) is 12.0. The van der Waals surface area contributed by atoms with Gasteiger partial charge in [0.25, 0.3) is 0 Å². The van der Waals surface area contributed by atoms with E-state index in [1.807, 2.05) is 6.92 Å². The predicted molar refractivity (Wildman–Crippen MR) is 101 cm³/mol. The van der Waals surface area contributed by atoms with Crippen LogP contribution >= 0.6 is 0 Å². The molecule has 0 atom stereocenters. The average molecular weight is 394 g/mol. The van der Waals surface area contributed by atoms with Crippen molar-refractivity contribution in [2.75, 3.05) is 32.7 Å². The van der Waals surface area contributed by atoms with Gasteiger partial charge in [0, 0.05) is 11.8 Å². The van der Waals surface area contributed by atoms with Gasteiger partial charge < -0.3 is 19.5 Å². The van der Waals surface area contributed by atoms with Crippen molar-refractivity contribution in [2.45, 2.75) is 11.8 Å². The van der Waals surface area contributed by atoms with Crippen LogP contribution in [0.1, 0.15) is 6.92 Å². The second-order valence-electron chi connectivity index (χ2n) is 5.35. The van der Waals surface area contributed by atoms with E-state index in [-0.39, 0.29) is 10.6 Å². The topological polar surface area (TPSA) is 103 Å². The SMILES string of the molecule is CCOc1ccc(NC(=O)CNS(=O)(=O)c2ccc(OC)cc2OC)cc1. The minimum Gasteiger partial charge on any atom is -0.497 e. The Balaban J connectivity index is 2.01. The summed E-state index contributed by atoms with van der Waals surface area (Å²) in [6.45, 7) is 1.99. The van der Waals surface area contributed by atoms with Crippen molar-refractivity contribution in [3.63, 3.8) is 0 Å². The number of carbonyl (C=O) groups excluding carboxylic acids is 1. The van der Waals surface area contributed by atoms with E-state index in [0.717, 1.165) is 0 Å². The molecule has 9 heteroatoms. The lowest BCUT2D eigenvalue weighted by molar-refractivity contribution is -0.115. The normalized spacial score (nSPS) is 10.9. The van der Waals surface area contributed by atoms with Gasteiger partial charge in [-0.15, -0.1) is 0 Å². The highest BCUT2D eigenvalue weighted by molar-refractivity contribution is 7.89. The van der Waals surface area contributed by atoms with Gasteiger partial charge in [-0.2, -0.15) is 0 Å². The first kappa shape index (κ1) is 20.5. The lowest BCUT2D eigenvalue weighted by Crippen LogP contribution is -2.33. The fourth-order valence-electron chi connectivity index (χ4n) is 2.24. The van der Waals surface area contributed by atoms with E-state index >= 15 is 0 Å². The summed E-state index contributed by atoms with van der Waals surface area (Å²) in [7, 11) is -1.12. The van der Waals surface area contributed by atoms with Gasteiger partial charge in [0.2, 0.25) is 15.9 Å². The number of anilines is 1. The zero-order chi connectivity index (χ0) is 19.9. The van der Waals surface area contributed by atoms with E-state index in [1.165, 1.54) is 32.4 Å². The largest absolute Gasteiger partial charge is 0.497 e. The Labute approximate surface area is 158 Å². The number of carbonyl (C=O) groups is 1. The van der Waals surface area contributed by atoms with E-state index in [1.54, 1.807) is 24.3 Å². The van der Waals surface area contributed by atoms with Crippen LogP contribution in [0.3, 0.4) is 0 Å². The Morgan fingerprint density at radius 1 is 1.00 bits per heavy atom. The first-order valence-electron chi connectivity index (χ1n) is 8.14. The van der Waals surface area contributed by atoms with Crippen molar-refractivity contribution in [3.8, 4) is 17.2 Å². The molecule has 0 aliphatic heterocycles. The van der Waals surface area contributed by atoms with E-state index in [9.17, 15) is 13.2 Å². The molecule has 0 heterocycles. The van der Waals surface area contributed by atoms with Crippen LogP contribution in [-0.4, -0.2) is 41.7 Å². The van der Waals surface area contributed by atoms with Crippen LogP contribution in [-0.2, 0) is 14.8 Å². The van der Waals surface area contributed by atoms with Crippen LogP contribution in [0.25, 0.3) is 0 Å². The summed E-state index contributed by atoms with van der Waals surface area (Å²) in [6.07, 6.45) is 0. The third kappa shape index (κ3) is 5.60. The molecule has 0 radical (unpaired) electrons. The summed E-state index contributed by atoms with van der Waals surface area (Å²) in [5.41, 5.74) is 0.532. The fourth-order valence-corrected chi connectivity index (χ4v) is 3.37. The van der Waals surface area contributed by atoms with Crippen LogP contribution in [0.2, 0.25) is 0 Å². The molecule has 0 fully saturated rings.